The number of hydrogen-bond donors (Lipinski definition) is 2. The Morgan fingerprint density at radius 1 is 1.06 bits per heavy atom. The SMILES string of the molecule is O=C(Nc1ccc(OC(F)(F)C(F)(F)F)cc1)c1cnc(N2CCCC2)c(-c2ccn[nH]2)c1. The molecule has 1 aliphatic rings. The van der Waals surface area contributed by atoms with Gasteiger partial charge in [-0.1, -0.05) is 0 Å². The Morgan fingerprint density at radius 2 is 1.76 bits per heavy atom. The molecule has 0 radical (unpaired) electrons. The first-order valence-electron chi connectivity index (χ1n) is 9.94. The lowest BCUT2D eigenvalue weighted by Crippen LogP contribution is -2.41. The molecular formula is C21H18F5N5O2. The molecule has 2 N–H and O–H groups in total. The topological polar surface area (TPSA) is 83.1 Å². The second-order valence-electron chi connectivity index (χ2n) is 7.35. The van der Waals surface area contributed by atoms with E-state index < -0.39 is 23.9 Å². The van der Waals surface area contributed by atoms with E-state index in [1.165, 1.54) is 6.20 Å². The summed E-state index contributed by atoms with van der Waals surface area (Å²) in [5.74, 6) is -0.514. The van der Waals surface area contributed by atoms with E-state index in [2.05, 4.69) is 30.1 Å². The molecule has 3 heterocycles. The second kappa shape index (κ2) is 8.68. The number of nitrogens with zero attached hydrogens (tertiary/aromatic N) is 3. The number of hydrogen-bond acceptors (Lipinski definition) is 5. The number of nitrogens with one attached hydrogen (secondary N) is 2. The van der Waals surface area contributed by atoms with Crippen LogP contribution in [0.25, 0.3) is 11.3 Å². The zero-order valence-electron chi connectivity index (χ0n) is 17.0. The van der Waals surface area contributed by atoms with E-state index in [4.69, 9.17) is 0 Å². The van der Waals surface area contributed by atoms with E-state index in [9.17, 15) is 26.7 Å². The maximum Gasteiger partial charge on any atom is 0.499 e. The van der Waals surface area contributed by atoms with Gasteiger partial charge in [-0.3, -0.25) is 9.89 Å². The van der Waals surface area contributed by atoms with E-state index >= 15 is 0 Å². The van der Waals surface area contributed by atoms with Crippen LogP contribution >= 0.6 is 0 Å². The van der Waals surface area contributed by atoms with Gasteiger partial charge in [0.2, 0.25) is 0 Å². The molecule has 0 unspecified atom stereocenters. The minimum Gasteiger partial charge on any atom is -0.426 e. The lowest BCUT2D eigenvalue weighted by Gasteiger charge is -2.20. The van der Waals surface area contributed by atoms with Crippen LogP contribution in [0.5, 0.6) is 5.75 Å². The molecule has 174 valence electrons. The average Bonchev–Trinajstić information content (AvgIpc) is 3.48. The second-order valence-corrected chi connectivity index (χ2v) is 7.35. The smallest absolute Gasteiger partial charge is 0.426 e. The van der Waals surface area contributed by atoms with Crippen LogP contribution in [0, 0.1) is 0 Å². The fourth-order valence-electron chi connectivity index (χ4n) is 3.38. The van der Waals surface area contributed by atoms with Gasteiger partial charge in [0.1, 0.15) is 11.6 Å². The molecular weight excluding hydrogens is 449 g/mol. The predicted octanol–water partition coefficient (Wildman–Crippen LogP) is 4.86. The number of aromatic nitrogens is 3. The molecule has 0 bridgehead atoms. The van der Waals surface area contributed by atoms with E-state index in [0.717, 1.165) is 56.0 Å². The van der Waals surface area contributed by atoms with Crippen molar-refractivity contribution in [3.8, 4) is 17.0 Å². The van der Waals surface area contributed by atoms with Crippen molar-refractivity contribution in [1.82, 2.24) is 15.2 Å². The van der Waals surface area contributed by atoms with Gasteiger partial charge in [0.25, 0.3) is 5.91 Å². The number of benzene rings is 1. The van der Waals surface area contributed by atoms with Gasteiger partial charge in [0.15, 0.2) is 0 Å². The Hall–Kier alpha value is -3.70. The molecule has 1 fully saturated rings. The molecule has 33 heavy (non-hydrogen) atoms. The maximum absolute atomic E-state index is 13.0. The highest BCUT2D eigenvalue weighted by Crippen LogP contribution is 2.37. The largest absolute Gasteiger partial charge is 0.499 e. The third-order valence-corrected chi connectivity index (χ3v) is 5.01. The summed E-state index contributed by atoms with van der Waals surface area (Å²) in [4.78, 5) is 19.3. The van der Waals surface area contributed by atoms with Crippen molar-refractivity contribution in [2.45, 2.75) is 25.1 Å². The molecule has 3 aromatic rings. The van der Waals surface area contributed by atoms with Crippen molar-refractivity contribution in [2.75, 3.05) is 23.3 Å². The highest BCUT2D eigenvalue weighted by molar-refractivity contribution is 6.05. The lowest BCUT2D eigenvalue weighted by molar-refractivity contribution is -0.360. The van der Waals surface area contributed by atoms with Crippen molar-refractivity contribution >= 4 is 17.4 Å². The molecule has 1 amide bonds. The summed E-state index contributed by atoms with van der Waals surface area (Å²) in [5, 5.41) is 9.37. The van der Waals surface area contributed by atoms with Crippen LogP contribution in [0.2, 0.25) is 0 Å². The fraction of sp³-hybridized carbons (Fsp3) is 0.286. The molecule has 0 spiro atoms. The number of H-pyrrole nitrogens is 1. The molecule has 4 rings (SSSR count). The van der Waals surface area contributed by atoms with E-state index in [0.29, 0.717) is 11.3 Å². The minimum atomic E-state index is -5.85. The summed E-state index contributed by atoms with van der Waals surface area (Å²) >= 11 is 0. The number of halogens is 5. The number of amides is 1. The van der Waals surface area contributed by atoms with Crippen molar-refractivity contribution in [2.24, 2.45) is 0 Å². The number of carbonyl (C=O) groups excluding carboxylic acids is 1. The number of rotatable bonds is 6. The zero-order valence-corrected chi connectivity index (χ0v) is 17.0. The van der Waals surface area contributed by atoms with Crippen LogP contribution in [-0.2, 0) is 0 Å². The monoisotopic (exact) mass is 467 g/mol. The van der Waals surface area contributed by atoms with E-state index in [1.54, 1.807) is 18.3 Å². The van der Waals surface area contributed by atoms with Gasteiger partial charge < -0.3 is 15.0 Å². The van der Waals surface area contributed by atoms with Crippen LogP contribution in [0.3, 0.4) is 0 Å². The zero-order chi connectivity index (χ0) is 23.6. The normalized spacial score (nSPS) is 14.4. The summed E-state index contributed by atoms with van der Waals surface area (Å²) in [5.41, 5.74) is 1.78. The van der Waals surface area contributed by atoms with Crippen molar-refractivity contribution in [3.63, 3.8) is 0 Å². The summed E-state index contributed by atoms with van der Waals surface area (Å²) in [6, 6.07) is 7.53. The summed E-state index contributed by atoms with van der Waals surface area (Å²) in [6.45, 7) is 1.70. The number of carbonyl (C=O) groups is 1. The average molecular weight is 467 g/mol. The Balaban J connectivity index is 1.51. The van der Waals surface area contributed by atoms with Gasteiger partial charge in [0, 0.05) is 36.7 Å². The third kappa shape index (κ3) is 4.89. The standard InChI is InChI=1S/C21H18F5N5O2/c22-20(23,24)21(25,26)33-15-5-3-14(4-6-15)29-19(32)13-11-16(17-7-8-28-30-17)18(27-12-13)31-9-1-2-10-31/h3-8,11-12H,1-2,9-10H2,(H,28,30)(H,29,32). The van der Waals surface area contributed by atoms with Crippen LogP contribution in [0.4, 0.5) is 33.5 Å². The number of alkyl halides is 5. The molecule has 1 aliphatic heterocycles. The van der Waals surface area contributed by atoms with Gasteiger partial charge >= 0.3 is 12.3 Å². The van der Waals surface area contributed by atoms with E-state index in [-0.39, 0.29) is 11.3 Å². The molecule has 12 heteroatoms. The van der Waals surface area contributed by atoms with Crippen molar-refractivity contribution < 1.29 is 31.5 Å². The quantitative estimate of drug-likeness (QED) is 0.506. The highest BCUT2D eigenvalue weighted by Gasteiger charge is 2.61. The fourth-order valence-corrected chi connectivity index (χ4v) is 3.38. The maximum atomic E-state index is 13.0. The molecule has 1 saturated heterocycles. The Labute approximate surface area is 184 Å². The molecule has 0 atom stereocenters. The molecule has 1 aromatic carbocycles. The Bertz CT molecular complexity index is 1110. The van der Waals surface area contributed by atoms with E-state index in [1.807, 2.05) is 0 Å². The first-order chi connectivity index (χ1) is 15.6. The van der Waals surface area contributed by atoms with Gasteiger partial charge in [-0.2, -0.15) is 27.1 Å². The van der Waals surface area contributed by atoms with Gasteiger partial charge in [-0.15, -0.1) is 0 Å². The van der Waals surface area contributed by atoms with Crippen molar-refractivity contribution in [1.29, 1.82) is 0 Å². The van der Waals surface area contributed by atoms with Crippen LogP contribution < -0.4 is 15.0 Å². The first kappa shape index (κ1) is 22.5. The first-order valence-corrected chi connectivity index (χ1v) is 9.94. The Kier molecular flexibility index (Phi) is 5.91. The number of aromatic amines is 1. The van der Waals surface area contributed by atoms with Gasteiger partial charge in [-0.25, -0.2) is 4.98 Å². The van der Waals surface area contributed by atoms with Crippen LogP contribution in [0.1, 0.15) is 23.2 Å². The Morgan fingerprint density at radius 3 is 2.36 bits per heavy atom. The van der Waals surface area contributed by atoms with Crippen LogP contribution in [0.15, 0.2) is 48.8 Å². The molecule has 2 aromatic heterocycles. The van der Waals surface area contributed by atoms with Crippen molar-refractivity contribution in [3.05, 3.63) is 54.4 Å². The van der Waals surface area contributed by atoms with Gasteiger partial charge in [0.05, 0.1) is 11.3 Å². The third-order valence-electron chi connectivity index (χ3n) is 5.01. The van der Waals surface area contributed by atoms with Gasteiger partial charge in [-0.05, 0) is 49.2 Å². The molecule has 0 saturated carbocycles. The number of ether oxygens (including phenoxy) is 1. The predicted molar refractivity (Wildman–Crippen MR) is 109 cm³/mol. The molecule has 7 nitrogen and oxygen atoms in total. The summed E-state index contributed by atoms with van der Waals surface area (Å²) in [6.07, 6.45) is -6.09. The minimum absolute atomic E-state index is 0.175. The summed E-state index contributed by atoms with van der Waals surface area (Å²) in [7, 11) is 0. The van der Waals surface area contributed by atoms with Crippen LogP contribution in [-0.4, -0.2) is 46.5 Å². The summed E-state index contributed by atoms with van der Waals surface area (Å²) < 4.78 is 66.6. The number of pyridine rings is 1. The lowest BCUT2D eigenvalue weighted by atomic mass is 10.1. The molecule has 0 aliphatic carbocycles. The highest BCUT2D eigenvalue weighted by atomic mass is 19.4. The number of anilines is 2.